The van der Waals surface area contributed by atoms with Crippen LogP contribution in [-0.2, 0) is 4.79 Å². The lowest BCUT2D eigenvalue weighted by Gasteiger charge is -2.16. The van der Waals surface area contributed by atoms with Crippen LogP contribution in [0.15, 0.2) is 68.7 Å². The topological polar surface area (TPSA) is 50.5 Å². The fourth-order valence-electron chi connectivity index (χ4n) is 2.81. The maximum atomic E-state index is 12.9. The van der Waals surface area contributed by atoms with Gasteiger partial charge in [-0.2, -0.15) is 0 Å². The van der Waals surface area contributed by atoms with E-state index in [4.69, 9.17) is 16.6 Å². The summed E-state index contributed by atoms with van der Waals surface area (Å²) in [5.41, 5.74) is 2.07. The Bertz CT molecular complexity index is 1150. The fraction of sp³-hybridized carbons (Fsp3) is 0.0500. The van der Waals surface area contributed by atoms with E-state index in [0.29, 0.717) is 20.4 Å². The highest BCUT2D eigenvalue weighted by atomic mass is 32.2. The monoisotopic (exact) mass is 379 g/mol. The largest absolute Gasteiger partial charge is 0.422 e. The van der Waals surface area contributed by atoms with Crippen molar-refractivity contribution in [2.24, 2.45) is 0 Å². The molecule has 0 N–H and O–H groups in total. The van der Waals surface area contributed by atoms with Gasteiger partial charge in [0.25, 0.3) is 5.91 Å². The van der Waals surface area contributed by atoms with Crippen molar-refractivity contribution in [1.82, 2.24) is 0 Å². The smallest absolute Gasteiger partial charge is 0.343 e. The lowest BCUT2D eigenvalue weighted by molar-refractivity contribution is -0.113. The van der Waals surface area contributed by atoms with Crippen molar-refractivity contribution in [3.05, 3.63) is 81.0 Å². The molecule has 4 rings (SSSR count). The summed E-state index contributed by atoms with van der Waals surface area (Å²) >= 11 is 6.57. The SMILES string of the molecule is Cc1ccccc1N1C(=O)/C(=C\c2cc3ccccc3oc2=O)SC1=S. The van der Waals surface area contributed by atoms with Gasteiger partial charge in [-0.1, -0.05) is 60.4 Å². The molecule has 1 saturated heterocycles. The number of aryl methyl sites for hydroxylation is 1. The van der Waals surface area contributed by atoms with Crippen LogP contribution in [-0.4, -0.2) is 10.2 Å². The number of anilines is 1. The van der Waals surface area contributed by atoms with E-state index >= 15 is 0 Å². The molecule has 6 heteroatoms. The Morgan fingerprint density at radius 2 is 1.81 bits per heavy atom. The van der Waals surface area contributed by atoms with Crippen LogP contribution in [0.2, 0.25) is 0 Å². The number of benzene rings is 2. The molecule has 2 aromatic carbocycles. The molecule has 26 heavy (non-hydrogen) atoms. The number of amides is 1. The number of hydrogen-bond donors (Lipinski definition) is 0. The van der Waals surface area contributed by atoms with Gasteiger partial charge >= 0.3 is 5.63 Å². The quantitative estimate of drug-likeness (QED) is 0.373. The molecule has 2 heterocycles. The molecule has 0 aliphatic carbocycles. The summed E-state index contributed by atoms with van der Waals surface area (Å²) in [6, 6.07) is 16.5. The van der Waals surface area contributed by atoms with Crippen molar-refractivity contribution in [2.45, 2.75) is 6.92 Å². The number of carbonyl (C=O) groups excluding carboxylic acids is 1. The van der Waals surface area contributed by atoms with Gasteiger partial charge in [0.2, 0.25) is 0 Å². The van der Waals surface area contributed by atoms with E-state index in [1.165, 1.54) is 16.7 Å². The van der Waals surface area contributed by atoms with E-state index in [1.54, 1.807) is 24.3 Å². The zero-order valence-electron chi connectivity index (χ0n) is 13.8. The highest BCUT2D eigenvalue weighted by Crippen LogP contribution is 2.37. The Kier molecular flexibility index (Phi) is 4.22. The third-order valence-electron chi connectivity index (χ3n) is 4.11. The first-order valence-corrected chi connectivity index (χ1v) is 9.13. The number of para-hydroxylation sites is 2. The van der Waals surface area contributed by atoms with E-state index in [-0.39, 0.29) is 5.91 Å². The molecule has 3 aromatic rings. The van der Waals surface area contributed by atoms with Crippen LogP contribution in [0.4, 0.5) is 5.69 Å². The van der Waals surface area contributed by atoms with Crippen LogP contribution >= 0.6 is 24.0 Å². The number of thioether (sulfide) groups is 1. The zero-order chi connectivity index (χ0) is 18.3. The van der Waals surface area contributed by atoms with Crippen molar-refractivity contribution >= 4 is 56.9 Å². The van der Waals surface area contributed by atoms with Crippen LogP contribution in [0, 0.1) is 6.92 Å². The summed E-state index contributed by atoms with van der Waals surface area (Å²) in [6.07, 6.45) is 1.55. The summed E-state index contributed by atoms with van der Waals surface area (Å²) in [4.78, 5) is 27.0. The van der Waals surface area contributed by atoms with E-state index < -0.39 is 5.63 Å². The molecule has 0 atom stereocenters. The zero-order valence-corrected chi connectivity index (χ0v) is 15.4. The van der Waals surface area contributed by atoms with E-state index in [9.17, 15) is 9.59 Å². The number of hydrogen-bond acceptors (Lipinski definition) is 5. The molecule has 0 bridgehead atoms. The second kappa shape index (κ2) is 6.55. The first kappa shape index (κ1) is 16.8. The third-order valence-corrected chi connectivity index (χ3v) is 5.41. The summed E-state index contributed by atoms with van der Waals surface area (Å²) in [5, 5.41) is 0.799. The minimum atomic E-state index is -0.482. The highest BCUT2D eigenvalue weighted by molar-refractivity contribution is 8.27. The van der Waals surface area contributed by atoms with Crippen molar-refractivity contribution < 1.29 is 9.21 Å². The number of fused-ring (bicyclic) bond motifs is 1. The molecular weight excluding hydrogens is 366 g/mol. The third kappa shape index (κ3) is 2.87. The van der Waals surface area contributed by atoms with Gasteiger partial charge in [0.15, 0.2) is 4.32 Å². The van der Waals surface area contributed by atoms with Crippen LogP contribution in [0.3, 0.4) is 0 Å². The molecule has 1 aliphatic rings. The van der Waals surface area contributed by atoms with Gasteiger partial charge < -0.3 is 4.42 Å². The first-order valence-electron chi connectivity index (χ1n) is 7.91. The van der Waals surface area contributed by atoms with Gasteiger partial charge in [-0.3, -0.25) is 9.69 Å². The van der Waals surface area contributed by atoms with Gasteiger partial charge in [0.1, 0.15) is 5.58 Å². The molecule has 4 nitrogen and oxygen atoms in total. The summed E-state index contributed by atoms with van der Waals surface area (Å²) < 4.78 is 5.77. The Balaban J connectivity index is 1.76. The lowest BCUT2D eigenvalue weighted by atomic mass is 10.1. The maximum absolute atomic E-state index is 12.9. The maximum Gasteiger partial charge on any atom is 0.343 e. The molecule has 0 spiro atoms. The van der Waals surface area contributed by atoms with Crippen LogP contribution < -0.4 is 10.5 Å². The van der Waals surface area contributed by atoms with E-state index in [1.807, 2.05) is 43.3 Å². The molecular formula is C20H13NO3S2. The summed E-state index contributed by atoms with van der Waals surface area (Å²) in [6.45, 7) is 1.93. The second-order valence-electron chi connectivity index (χ2n) is 5.83. The molecule has 1 aromatic heterocycles. The fourth-order valence-corrected chi connectivity index (χ4v) is 4.09. The number of rotatable bonds is 2. The standard InChI is InChI=1S/C20H13NO3S2/c1-12-6-2-4-8-15(12)21-18(22)17(26-20(21)25)11-14-10-13-7-3-5-9-16(13)24-19(14)23/h2-11H,1H3/b17-11+. The molecule has 1 amide bonds. The predicted molar refractivity (Wildman–Crippen MR) is 109 cm³/mol. The van der Waals surface area contributed by atoms with Gasteiger partial charge in [0.05, 0.1) is 16.2 Å². The molecule has 128 valence electrons. The second-order valence-corrected chi connectivity index (χ2v) is 7.51. The van der Waals surface area contributed by atoms with E-state index in [0.717, 1.165) is 16.6 Å². The molecule has 1 fully saturated rings. The number of thiocarbonyl (C=S) groups is 1. The van der Waals surface area contributed by atoms with Crippen LogP contribution in [0.25, 0.3) is 17.0 Å². The van der Waals surface area contributed by atoms with Crippen LogP contribution in [0.5, 0.6) is 0 Å². The van der Waals surface area contributed by atoms with Crippen molar-refractivity contribution in [3.63, 3.8) is 0 Å². The average Bonchev–Trinajstić information content (AvgIpc) is 2.90. The number of carbonyl (C=O) groups is 1. The van der Waals surface area contributed by atoms with Crippen LogP contribution in [0.1, 0.15) is 11.1 Å². The Morgan fingerprint density at radius 1 is 1.08 bits per heavy atom. The van der Waals surface area contributed by atoms with Gasteiger partial charge in [-0.15, -0.1) is 0 Å². The van der Waals surface area contributed by atoms with Gasteiger partial charge in [0, 0.05) is 5.39 Å². The molecule has 0 saturated carbocycles. The Morgan fingerprint density at radius 3 is 2.62 bits per heavy atom. The summed E-state index contributed by atoms with van der Waals surface area (Å²) in [7, 11) is 0. The van der Waals surface area contributed by atoms with Gasteiger partial charge in [-0.25, -0.2) is 4.79 Å². The number of nitrogens with zero attached hydrogens (tertiary/aromatic N) is 1. The van der Waals surface area contributed by atoms with Crippen molar-refractivity contribution in [2.75, 3.05) is 4.90 Å². The normalized spacial score (nSPS) is 16.0. The Labute approximate surface area is 159 Å². The predicted octanol–water partition coefficient (Wildman–Crippen LogP) is 4.51. The lowest BCUT2D eigenvalue weighted by Crippen LogP contribution is -2.28. The first-order chi connectivity index (χ1) is 12.5. The summed E-state index contributed by atoms with van der Waals surface area (Å²) in [5.74, 6) is -0.234. The molecule has 1 aliphatic heterocycles. The minimum absolute atomic E-state index is 0.234. The molecule has 0 radical (unpaired) electrons. The van der Waals surface area contributed by atoms with Gasteiger partial charge in [-0.05, 0) is 36.8 Å². The van der Waals surface area contributed by atoms with Crippen molar-refractivity contribution in [3.8, 4) is 0 Å². The highest BCUT2D eigenvalue weighted by Gasteiger charge is 2.34. The minimum Gasteiger partial charge on any atom is -0.422 e. The van der Waals surface area contributed by atoms with Crippen molar-refractivity contribution in [1.29, 1.82) is 0 Å². The Hall–Kier alpha value is -2.70. The average molecular weight is 379 g/mol. The van der Waals surface area contributed by atoms with E-state index in [2.05, 4.69) is 0 Å². The molecule has 0 unspecified atom stereocenters.